The van der Waals surface area contributed by atoms with E-state index in [0.29, 0.717) is 6.54 Å². The third-order valence-corrected chi connectivity index (χ3v) is 4.17. The number of imide groups is 1. The summed E-state index contributed by atoms with van der Waals surface area (Å²) >= 11 is 3.44. The van der Waals surface area contributed by atoms with Crippen molar-refractivity contribution in [3.05, 3.63) is 58.8 Å². The van der Waals surface area contributed by atoms with Gasteiger partial charge >= 0.3 is 6.09 Å². The number of amides is 2. The summed E-state index contributed by atoms with van der Waals surface area (Å²) in [5.74, 6) is -0.725. The van der Waals surface area contributed by atoms with Crippen LogP contribution in [0.1, 0.15) is 13.8 Å². The second-order valence-corrected chi connectivity index (χ2v) is 6.39. The van der Waals surface area contributed by atoms with Crippen molar-refractivity contribution in [1.29, 1.82) is 0 Å². The molecule has 0 aliphatic carbocycles. The highest BCUT2D eigenvalue weighted by molar-refractivity contribution is 9.10. The second kappa shape index (κ2) is 9.33. The van der Waals surface area contributed by atoms with Crippen LogP contribution in [0.15, 0.2) is 53.0 Å². The van der Waals surface area contributed by atoms with Crippen LogP contribution in [0, 0.1) is 5.82 Å². The lowest BCUT2D eigenvalue weighted by atomic mass is 10.2. The summed E-state index contributed by atoms with van der Waals surface area (Å²) in [6, 6.07) is 13.6. The van der Waals surface area contributed by atoms with Gasteiger partial charge in [-0.05, 0) is 49.4 Å². The van der Waals surface area contributed by atoms with Crippen LogP contribution in [-0.2, 0) is 9.53 Å². The first kappa shape index (κ1) is 19.9. The van der Waals surface area contributed by atoms with Gasteiger partial charge in [-0.25, -0.2) is 14.1 Å². The van der Waals surface area contributed by atoms with Gasteiger partial charge in [0, 0.05) is 35.9 Å². The number of nitrogens with zero attached hydrogens (tertiary/aromatic N) is 2. The van der Waals surface area contributed by atoms with E-state index in [-0.39, 0.29) is 19.0 Å². The molecule has 2 rings (SSSR count). The van der Waals surface area contributed by atoms with Gasteiger partial charge in [-0.15, -0.1) is 0 Å². The summed E-state index contributed by atoms with van der Waals surface area (Å²) in [5, 5.41) is 0. The minimum Gasteiger partial charge on any atom is -0.449 e. The molecule has 2 aromatic carbocycles. The van der Waals surface area contributed by atoms with Crippen molar-refractivity contribution in [2.45, 2.75) is 13.8 Å². The smallest absolute Gasteiger partial charge is 0.416 e. The fourth-order valence-corrected chi connectivity index (χ4v) is 2.84. The lowest BCUT2D eigenvalue weighted by Crippen LogP contribution is -2.40. The predicted molar refractivity (Wildman–Crippen MR) is 102 cm³/mol. The predicted octanol–water partition coefficient (Wildman–Crippen LogP) is 4.73. The van der Waals surface area contributed by atoms with E-state index >= 15 is 0 Å². The molecule has 0 spiro atoms. The largest absolute Gasteiger partial charge is 0.449 e. The van der Waals surface area contributed by atoms with Crippen molar-refractivity contribution in [1.82, 2.24) is 4.90 Å². The highest BCUT2D eigenvalue weighted by atomic mass is 79.9. The van der Waals surface area contributed by atoms with Gasteiger partial charge in [0.15, 0.2) is 0 Å². The number of rotatable bonds is 6. The average Bonchev–Trinajstić information content (AvgIpc) is 2.59. The van der Waals surface area contributed by atoms with Crippen LogP contribution in [0.25, 0.3) is 0 Å². The van der Waals surface area contributed by atoms with Crippen molar-refractivity contribution in [2.24, 2.45) is 0 Å². The van der Waals surface area contributed by atoms with Crippen LogP contribution in [0.3, 0.4) is 0 Å². The SMILES string of the molecule is CCOC(=O)N(CCN(c1ccc(F)cc1)c1cccc(Br)c1)C(C)=O. The van der Waals surface area contributed by atoms with E-state index in [9.17, 15) is 14.0 Å². The van der Waals surface area contributed by atoms with E-state index in [1.165, 1.54) is 19.1 Å². The molecule has 2 aromatic rings. The maximum atomic E-state index is 13.3. The Kier molecular flexibility index (Phi) is 7.15. The molecule has 0 saturated heterocycles. The number of carbonyl (C=O) groups is 2. The average molecular weight is 423 g/mol. The van der Waals surface area contributed by atoms with E-state index in [1.807, 2.05) is 29.2 Å². The molecule has 0 aliphatic rings. The maximum Gasteiger partial charge on any atom is 0.416 e. The number of carbonyl (C=O) groups excluding carboxylic acids is 2. The Morgan fingerprint density at radius 2 is 1.77 bits per heavy atom. The molecule has 0 atom stereocenters. The van der Waals surface area contributed by atoms with Crippen molar-refractivity contribution in [3.63, 3.8) is 0 Å². The number of hydrogen-bond donors (Lipinski definition) is 0. The van der Waals surface area contributed by atoms with Gasteiger partial charge in [0.25, 0.3) is 0 Å². The molecule has 26 heavy (non-hydrogen) atoms. The Labute approximate surface area is 160 Å². The molecule has 0 aliphatic heterocycles. The van der Waals surface area contributed by atoms with Gasteiger partial charge in [-0.3, -0.25) is 4.79 Å². The molecule has 0 N–H and O–H groups in total. The highest BCUT2D eigenvalue weighted by Crippen LogP contribution is 2.27. The zero-order valence-electron chi connectivity index (χ0n) is 14.6. The van der Waals surface area contributed by atoms with Gasteiger partial charge < -0.3 is 9.64 Å². The molecule has 0 heterocycles. The Balaban J connectivity index is 2.27. The first-order chi connectivity index (χ1) is 12.4. The van der Waals surface area contributed by atoms with E-state index in [2.05, 4.69) is 15.9 Å². The Hall–Kier alpha value is -2.41. The van der Waals surface area contributed by atoms with Crippen LogP contribution in [0.5, 0.6) is 0 Å². The molecule has 0 saturated carbocycles. The fraction of sp³-hybridized carbons (Fsp3) is 0.263. The van der Waals surface area contributed by atoms with Crippen LogP contribution in [-0.4, -0.2) is 36.6 Å². The molecule has 0 unspecified atom stereocenters. The lowest BCUT2D eigenvalue weighted by molar-refractivity contribution is -0.127. The summed E-state index contributed by atoms with van der Waals surface area (Å²) in [7, 11) is 0. The number of halogens is 2. The number of hydrogen-bond acceptors (Lipinski definition) is 4. The summed E-state index contributed by atoms with van der Waals surface area (Å²) in [6.07, 6.45) is -0.673. The number of ether oxygens (including phenoxy) is 1. The van der Waals surface area contributed by atoms with Gasteiger partial charge in [0.1, 0.15) is 5.82 Å². The Morgan fingerprint density at radius 1 is 1.08 bits per heavy atom. The van der Waals surface area contributed by atoms with Crippen LogP contribution in [0.4, 0.5) is 20.6 Å². The van der Waals surface area contributed by atoms with Crippen molar-refractivity contribution in [3.8, 4) is 0 Å². The molecule has 5 nitrogen and oxygen atoms in total. The molecule has 0 bridgehead atoms. The van der Waals surface area contributed by atoms with Crippen LogP contribution < -0.4 is 4.90 Å². The lowest BCUT2D eigenvalue weighted by Gasteiger charge is -2.28. The molecule has 138 valence electrons. The second-order valence-electron chi connectivity index (χ2n) is 5.48. The van der Waals surface area contributed by atoms with Gasteiger partial charge in [-0.1, -0.05) is 22.0 Å². The Morgan fingerprint density at radius 3 is 2.35 bits per heavy atom. The van der Waals surface area contributed by atoms with Crippen LogP contribution in [0.2, 0.25) is 0 Å². The normalized spacial score (nSPS) is 10.3. The molecular weight excluding hydrogens is 403 g/mol. The number of benzene rings is 2. The fourth-order valence-electron chi connectivity index (χ4n) is 2.45. The number of anilines is 2. The first-order valence-corrected chi connectivity index (χ1v) is 8.95. The van der Waals surface area contributed by atoms with Crippen molar-refractivity contribution in [2.75, 3.05) is 24.6 Å². The quantitative estimate of drug-likeness (QED) is 0.674. The molecule has 0 aromatic heterocycles. The van der Waals surface area contributed by atoms with Gasteiger partial charge in [0.05, 0.1) is 6.61 Å². The van der Waals surface area contributed by atoms with Gasteiger partial charge in [-0.2, -0.15) is 0 Å². The summed E-state index contributed by atoms with van der Waals surface area (Å²) in [6.45, 7) is 3.66. The standard InChI is InChI=1S/C19H20BrFN2O3/c1-3-26-19(25)22(14(2)24)11-12-23(17-9-7-16(21)8-10-17)18-6-4-5-15(20)13-18/h4-10,13H,3,11-12H2,1-2H3. The zero-order valence-corrected chi connectivity index (χ0v) is 16.2. The third-order valence-electron chi connectivity index (χ3n) is 3.67. The molecule has 0 fully saturated rings. The van der Waals surface area contributed by atoms with Crippen molar-refractivity contribution >= 4 is 39.3 Å². The first-order valence-electron chi connectivity index (χ1n) is 8.16. The molecular formula is C19H20BrFN2O3. The van der Waals surface area contributed by atoms with E-state index in [4.69, 9.17) is 4.74 Å². The van der Waals surface area contributed by atoms with E-state index in [1.54, 1.807) is 19.1 Å². The third kappa shape index (κ3) is 5.29. The summed E-state index contributed by atoms with van der Waals surface area (Å²) < 4.78 is 19.1. The monoisotopic (exact) mass is 422 g/mol. The molecule has 0 radical (unpaired) electrons. The topological polar surface area (TPSA) is 49.9 Å². The van der Waals surface area contributed by atoms with Crippen molar-refractivity contribution < 1.29 is 18.7 Å². The summed E-state index contributed by atoms with van der Waals surface area (Å²) in [4.78, 5) is 26.7. The minimum absolute atomic E-state index is 0.137. The van der Waals surface area contributed by atoms with E-state index < -0.39 is 12.0 Å². The molecule has 2 amide bonds. The zero-order chi connectivity index (χ0) is 19.1. The highest BCUT2D eigenvalue weighted by Gasteiger charge is 2.21. The van der Waals surface area contributed by atoms with E-state index in [0.717, 1.165) is 20.7 Å². The van der Waals surface area contributed by atoms with Gasteiger partial charge in [0.2, 0.25) is 5.91 Å². The minimum atomic E-state index is -0.673. The summed E-state index contributed by atoms with van der Waals surface area (Å²) in [5.41, 5.74) is 1.59. The molecule has 7 heteroatoms. The maximum absolute atomic E-state index is 13.3. The Bertz CT molecular complexity index is 768. The van der Waals surface area contributed by atoms with Crippen LogP contribution >= 0.6 is 15.9 Å².